The van der Waals surface area contributed by atoms with Gasteiger partial charge in [0.2, 0.25) is 6.79 Å². The monoisotopic (exact) mass is 225 g/mol. The first kappa shape index (κ1) is 11.0. The van der Waals surface area contributed by atoms with Crippen LogP contribution in [0.2, 0.25) is 0 Å². The summed E-state index contributed by atoms with van der Waals surface area (Å²) in [7, 11) is 1.81. The first-order chi connectivity index (χ1) is 7.76. The maximum absolute atomic E-state index is 9.09. The number of anilines is 1. The predicted molar refractivity (Wildman–Crippen MR) is 58.9 cm³/mol. The quantitative estimate of drug-likeness (QED) is 0.766. The Labute approximate surface area is 93.8 Å². The lowest BCUT2D eigenvalue weighted by Crippen LogP contribution is -2.37. The Morgan fingerprint density at radius 2 is 1.94 bits per heavy atom. The van der Waals surface area contributed by atoms with Gasteiger partial charge in [0.15, 0.2) is 11.5 Å². The second kappa shape index (κ2) is 4.59. The molecule has 1 heterocycles. The number of ether oxygens (including phenoxy) is 2. The van der Waals surface area contributed by atoms with E-state index in [2.05, 4.69) is 0 Å². The van der Waals surface area contributed by atoms with Crippen LogP contribution in [0.3, 0.4) is 0 Å². The van der Waals surface area contributed by atoms with Crippen LogP contribution in [-0.2, 0) is 0 Å². The van der Waals surface area contributed by atoms with Crippen LogP contribution in [0.5, 0.6) is 11.5 Å². The fraction of sp³-hybridized carbons (Fsp3) is 0.455. The van der Waals surface area contributed by atoms with E-state index in [4.69, 9.17) is 19.7 Å². The molecule has 5 heteroatoms. The molecule has 0 radical (unpaired) electrons. The Morgan fingerprint density at radius 1 is 1.25 bits per heavy atom. The molecule has 0 aromatic heterocycles. The topological polar surface area (TPSA) is 62.2 Å². The minimum Gasteiger partial charge on any atom is -0.454 e. The van der Waals surface area contributed by atoms with Crippen molar-refractivity contribution in [1.82, 2.24) is 0 Å². The van der Waals surface area contributed by atoms with Crippen molar-refractivity contribution in [3.8, 4) is 11.5 Å². The first-order valence-corrected chi connectivity index (χ1v) is 5.10. The van der Waals surface area contributed by atoms with Gasteiger partial charge in [-0.3, -0.25) is 0 Å². The molecule has 2 N–H and O–H groups in total. The Morgan fingerprint density at radius 3 is 2.62 bits per heavy atom. The summed E-state index contributed by atoms with van der Waals surface area (Å²) in [6.45, 7) is 0.0504. The highest BCUT2D eigenvalue weighted by atomic mass is 16.7. The van der Waals surface area contributed by atoms with Gasteiger partial charge < -0.3 is 24.6 Å². The summed E-state index contributed by atoms with van der Waals surface area (Å²) < 4.78 is 10.5. The van der Waals surface area contributed by atoms with Crippen LogP contribution in [0.15, 0.2) is 18.2 Å². The highest BCUT2D eigenvalue weighted by Crippen LogP contribution is 2.35. The van der Waals surface area contributed by atoms with Crippen molar-refractivity contribution in [2.45, 2.75) is 6.04 Å². The summed E-state index contributed by atoms with van der Waals surface area (Å²) in [6, 6.07) is 5.22. The lowest BCUT2D eigenvalue weighted by Gasteiger charge is -2.27. The van der Waals surface area contributed by atoms with Crippen LogP contribution in [0, 0.1) is 0 Å². The summed E-state index contributed by atoms with van der Waals surface area (Å²) in [5.74, 6) is 1.42. The maximum atomic E-state index is 9.09. The summed E-state index contributed by atoms with van der Waals surface area (Å²) in [5.41, 5.74) is 0.873. The molecule has 88 valence electrons. The van der Waals surface area contributed by atoms with E-state index < -0.39 is 0 Å². The molecule has 1 aliphatic heterocycles. The number of aliphatic hydroxyl groups is 2. The van der Waals surface area contributed by atoms with Gasteiger partial charge in [0, 0.05) is 18.8 Å². The van der Waals surface area contributed by atoms with Gasteiger partial charge in [0.25, 0.3) is 0 Å². The van der Waals surface area contributed by atoms with E-state index in [0.717, 1.165) is 11.4 Å². The van der Waals surface area contributed by atoms with Gasteiger partial charge in [-0.2, -0.15) is 0 Å². The number of hydrogen-bond acceptors (Lipinski definition) is 5. The van der Waals surface area contributed by atoms with Crippen LogP contribution in [0.1, 0.15) is 0 Å². The fourth-order valence-corrected chi connectivity index (χ4v) is 1.62. The van der Waals surface area contributed by atoms with Crippen molar-refractivity contribution in [3.63, 3.8) is 0 Å². The van der Waals surface area contributed by atoms with Crippen LogP contribution in [0.4, 0.5) is 5.69 Å². The lowest BCUT2D eigenvalue weighted by molar-refractivity contribution is 0.174. The molecule has 2 rings (SSSR count). The number of nitrogens with zero attached hydrogens (tertiary/aromatic N) is 1. The molecule has 0 saturated carbocycles. The number of rotatable bonds is 4. The minimum absolute atomic E-state index is 0.0958. The molecule has 5 nitrogen and oxygen atoms in total. The van der Waals surface area contributed by atoms with Crippen molar-refractivity contribution in [2.75, 3.05) is 32.0 Å². The van der Waals surface area contributed by atoms with Crippen LogP contribution >= 0.6 is 0 Å². The van der Waals surface area contributed by atoms with E-state index >= 15 is 0 Å². The third kappa shape index (κ3) is 1.91. The average molecular weight is 225 g/mol. The van der Waals surface area contributed by atoms with E-state index in [1.807, 2.05) is 30.1 Å². The van der Waals surface area contributed by atoms with E-state index in [9.17, 15) is 0 Å². The molecule has 0 unspecified atom stereocenters. The van der Waals surface area contributed by atoms with Crippen LogP contribution in [-0.4, -0.2) is 43.3 Å². The van der Waals surface area contributed by atoms with Crippen LogP contribution < -0.4 is 14.4 Å². The zero-order chi connectivity index (χ0) is 11.5. The lowest BCUT2D eigenvalue weighted by atomic mass is 10.2. The number of likely N-dealkylation sites (N-methyl/N-ethyl adjacent to an activating group) is 1. The fourth-order valence-electron chi connectivity index (χ4n) is 1.62. The highest BCUT2D eigenvalue weighted by molar-refractivity contribution is 5.57. The zero-order valence-electron chi connectivity index (χ0n) is 9.09. The summed E-state index contributed by atoms with van der Waals surface area (Å²) in [6.07, 6.45) is 0. The predicted octanol–water partition coefficient (Wildman–Crippen LogP) is 0.205. The molecule has 16 heavy (non-hydrogen) atoms. The molecule has 0 aliphatic carbocycles. The summed E-state index contributed by atoms with van der Waals surface area (Å²) in [5, 5.41) is 18.2. The molecular formula is C11H15NO4. The van der Waals surface area contributed by atoms with Crippen molar-refractivity contribution in [2.24, 2.45) is 0 Å². The normalized spacial score (nSPS) is 13.2. The largest absolute Gasteiger partial charge is 0.454 e. The van der Waals surface area contributed by atoms with Crippen molar-refractivity contribution < 1.29 is 19.7 Å². The van der Waals surface area contributed by atoms with Gasteiger partial charge in [0.05, 0.1) is 19.3 Å². The average Bonchev–Trinajstić information content (AvgIpc) is 2.77. The molecule has 0 fully saturated rings. The number of fused-ring (bicyclic) bond motifs is 1. The standard InChI is InChI=1S/C11H15NO4/c1-12(9(5-13)6-14)8-2-3-10-11(4-8)16-7-15-10/h2-4,9,13-14H,5-7H2,1H3. The summed E-state index contributed by atoms with van der Waals surface area (Å²) in [4.78, 5) is 1.81. The smallest absolute Gasteiger partial charge is 0.231 e. The van der Waals surface area contributed by atoms with Gasteiger partial charge in [-0.25, -0.2) is 0 Å². The molecule has 0 spiro atoms. The maximum Gasteiger partial charge on any atom is 0.231 e. The van der Waals surface area contributed by atoms with Crippen molar-refractivity contribution in [1.29, 1.82) is 0 Å². The van der Waals surface area contributed by atoms with Crippen molar-refractivity contribution >= 4 is 5.69 Å². The Bertz CT molecular complexity index is 365. The molecule has 0 amide bonds. The molecule has 1 aromatic rings. The molecule has 1 aromatic carbocycles. The van der Waals surface area contributed by atoms with Gasteiger partial charge in [-0.1, -0.05) is 0 Å². The van der Waals surface area contributed by atoms with E-state index in [1.54, 1.807) is 0 Å². The Balaban J connectivity index is 2.20. The first-order valence-electron chi connectivity index (χ1n) is 5.10. The minimum atomic E-state index is -0.305. The number of aliphatic hydroxyl groups excluding tert-OH is 2. The van der Waals surface area contributed by atoms with Crippen molar-refractivity contribution in [3.05, 3.63) is 18.2 Å². The third-order valence-electron chi connectivity index (χ3n) is 2.73. The third-order valence-corrected chi connectivity index (χ3v) is 2.73. The molecule has 0 bridgehead atoms. The second-order valence-corrected chi connectivity index (χ2v) is 3.67. The highest BCUT2D eigenvalue weighted by Gasteiger charge is 2.18. The van der Waals surface area contributed by atoms with Gasteiger partial charge in [-0.05, 0) is 12.1 Å². The van der Waals surface area contributed by atoms with E-state index in [-0.39, 0.29) is 26.0 Å². The molecule has 0 atom stereocenters. The van der Waals surface area contributed by atoms with Gasteiger partial charge in [-0.15, -0.1) is 0 Å². The van der Waals surface area contributed by atoms with E-state index in [1.165, 1.54) is 0 Å². The number of hydrogen-bond donors (Lipinski definition) is 2. The molecule has 0 saturated heterocycles. The van der Waals surface area contributed by atoms with Gasteiger partial charge >= 0.3 is 0 Å². The van der Waals surface area contributed by atoms with Gasteiger partial charge in [0.1, 0.15) is 0 Å². The number of benzene rings is 1. The SMILES string of the molecule is CN(c1ccc2c(c1)OCO2)C(CO)CO. The van der Waals surface area contributed by atoms with Crippen LogP contribution in [0.25, 0.3) is 0 Å². The molecular weight excluding hydrogens is 210 g/mol. The molecule has 1 aliphatic rings. The summed E-state index contributed by atoms with van der Waals surface area (Å²) >= 11 is 0. The second-order valence-electron chi connectivity index (χ2n) is 3.67. The Hall–Kier alpha value is -1.46. The zero-order valence-corrected chi connectivity index (χ0v) is 9.09. The Kier molecular flexibility index (Phi) is 3.17. The van der Waals surface area contributed by atoms with E-state index in [0.29, 0.717) is 5.75 Å².